The number of halogens is 1. The summed E-state index contributed by atoms with van der Waals surface area (Å²) in [7, 11) is 0. The zero-order valence-corrected chi connectivity index (χ0v) is 20.7. The number of aliphatic imine (C=N–C) groups is 1. The molecule has 0 spiro atoms. The van der Waals surface area contributed by atoms with E-state index in [0.717, 1.165) is 62.0 Å². The molecule has 8 heteroatoms. The van der Waals surface area contributed by atoms with Crippen molar-refractivity contribution in [3.63, 3.8) is 0 Å². The largest absolute Gasteiger partial charge is 0.494 e. The van der Waals surface area contributed by atoms with Gasteiger partial charge >= 0.3 is 0 Å². The van der Waals surface area contributed by atoms with Crippen LogP contribution >= 0.6 is 24.0 Å². The first-order valence-corrected chi connectivity index (χ1v) is 10.7. The Bertz CT molecular complexity index is 708. The lowest BCUT2D eigenvalue weighted by molar-refractivity contribution is 0.127. The van der Waals surface area contributed by atoms with Crippen LogP contribution in [0.4, 0.5) is 0 Å². The number of hydrogen-bond donors (Lipinski definition) is 3. The molecular weight excluding hydrogens is 497 g/mol. The summed E-state index contributed by atoms with van der Waals surface area (Å²) in [5, 5.41) is 16.2. The molecule has 2 unspecified atom stereocenters. The Labute approximate surface area is 197 Å². The molecule has 0 aliphatic carbocycles. The van der Waals surface area contributed by atoms with Crippen molar-refractivity contribution in [2.24, 2.45) is 10.4 Å². The smallest absolute Gasteiger partial charge is 0.191 e. The van der Waals surface area contributed by atoms with Gasteiger partial charge in [0.2, 0.25) is 0 Å². The van der Waals surface area contributed by atoms with Gasteiger partial charge in [0.1, 0.15) is 17.6 Å². The number of fused-ring (bicyclic) bond motifs is 1. The Morgan fingerprint density at radius 2 is 2.17 bits per heavy atom. The van der Waals surface area contributed by atoms with Crippen LogP contribution in [0.2, 0.25) is 0 Å². The molecular formula is C22H36IN3O4. The van der Waals surface area contributed by atoms with Gasteiger partial charge < -0.3 is 30.0 Å². The van der Waals surface area contributed by atoms with Gasteiger partial charge in [-0.2, -0.15) is 0 Å². The number of nitrogens with zero attached hydrogens (tertiary/aromatic N) is 1. The van der Waals surface area contributed by atoms with Crippen molar-refractivity contribution in [1.82, 2.24) is 10.6 Å². The molecule has 1 saturated heterocycles. The Hall–Kier alpha value is -1.26. The van der Waals surface area contributed by atoms with Gasteiger partial charge in [0, 0.05) is 49.3 Å². The van der Waals surface area contributed by atoms with E-state index in [9.17, 15) is 5.11 Å². The van der Waals surface area contributed by atoms with E-state index in [-0.39, 0.29) is 42.1 Å². The molecule has 0 radical (unpaired) electrons. The second-order valence-corrected chi connectivity index (χ2v) is 7.96. The molecule has 1 fully saturated rings. The van der Waals surface area contributed by atoms with Gasteiger partial charge in [0.15, 0.2) is 5.96 Å². The van der Waals surface area contributed by atoms with E-state index in [4.69, 9.17) is 19.2 Å². The van der Waals surface area contributed by atoms with Crippen LogP contribution in [-0.4, -0.2) is 56.7 Å². The Morgan fingerprint density at radius 3 is 2.83 bits per heavy atom. The predicted octanol–water partition coefficient (Wildman–Crippen LogP) is 2.87. The van der Waals surface area contributed by atoms with Crippen LogP contribution in [0.3, 0.4) is 0 Å². The molecule has 2 aliphatic rings. The molecule has 30 heavy (non-hydrogen) atoms. The van der Waals surface area contributed by atoms with Crippen LogP contribution in [0.5, 0.6) is 11.5 Å². The SMILES string of the molecule is CCNC(=NCc1cc2c(cc1OCC)CC(C)O2)NCC1(CCO)CCOC1.I. The minimum atomic E-state index is -0.0288. The van der Waals surface area contributed by atoms with Crippen LogP contribution in [0.25, 0.3) is 0 Å². The van der Waals surface area contributed by atoms with Crippen molar-refractivity contribution in [2.45, 2.75) is 52.7 Å². The van der Waals surface area contributed by atoms with Crippen LogP contribution < -0.4 is 20.1 Å². The molecule has 3 rings (SSSR count). The standard InChI is InChI=1S/C22H35N3O4.HI/c1-4-23-21(25-14-22(6-8-26)7-9-27-15-22)24-13-18-12-20-17(10-16(3)29-20)11-19(18)28-5-2;/h11-12,16,26H,4-10,13-15H2,1-3H3,(H2,23,24,25);1H. The van der Waals surface area contributed by atoms with Crippen molar-refractivity contribution in [2.75, 3.05) is 39.5 Å². The van der Waals surface area contributed by atoms with E-state index < -0.39 is 0 Å². The van der Waals surface area contributed by atoms with E-state index in [1.165, 1.54) is 5.56 Å². The quantitative estimate of drug-likeness (QED) is 0.257. The maximum atomic E-state index is 9.43. The van der Waals surface area contributed by atoms with Crippen molar-refractivity contribution < 1.29 is 19.3 Å². The van der Waals surface area contributed by atoms with Crippen molar-refractivity contribution >= 4 is 29.9 Å². The van der Waals surface area contributed by atoms with E-state index >= 15 is 0 Å². The highest BCUT2D eigenvalue weighted by molar-refractivity contribution is 14.0. The Morgan fingerprint density at radius 1 is 1.33 bits per heavy atom. The molecule has 2 atom stereocenters. The van der Waals surface area contributed by atoms with Crippen molar-refractivity contribution in [1.29, 1.82) is 0 Å². The number of benzene rings is 1. The number of guanidine groups is 1. The highest BCUT2D eigenvalue weighted by Gasteiger charge is 2.34. The summed E-state index contributed by atoms with van der Waals surface area (Å²) < 4.78 is 17.4. The first kappa shape index (κ1) is 25.0. The molecule has 7 nitrogen and oxygen atoms in total. The fraction of sp³-hybridized carbons (Fsp3) is 0.682. The Balaban J connectivity index is 0.00000320. The molecule has 0 aromatic heterocycles. The van der Waals surface area contributed by atoms with E-state index in [1.54, 1.807) is 0 Å². The fourth-order valence-electron chi connectivity index (χ4n) is 3.98. The van der Waals surface area contributed by atoms with E-state index in [1.807, 2.05) is 6.92 Å². The summed E-state index contributed by atoms with van der Waals surface area (Å²) in [4.78, 5) is 4.78. The van der Waals surface area contributed by atoms with Crippen LogP contribution in [-0.2, 0) is 17.7 Å². The van der Waals surface area contributed by atoms with E-state index in [0.29, 0.717) is 19.8 Å². The molecule has 1 aromatic rings. The average Bonchev–Trinajstić information content (AvgIpc) is 3.30. The Kier molecular flexibility index (Phi) is 9.96. The summed E-state index contributed by atoms with van der Waals surface area (Å²) in [5.41, 5.74) is 2.19. The number of aliphatic hydroxyl groups is 1. The first-order chi connectivity index (χ1) is 14.1. The maximum Gasteiger partial charge on any atom is 0.191 e. The van der Waals surface area contributed by atoms with Gasteiger partial charge in [0.25, 0.3) is 0 Å². The monoisotopic (exact) mass is 533 g/mol. The summed E-state index contributed by atoms with van der Waals surface area (Å²) in [6, 6.07) is 4.16. The lowest BCUT2D eigenvalue weighted by Gasteiger charge is -2.27. The van der Waals surface area contributed by atoms with Gasteiger partial charge in [-0.1, -0.05) is 0 Å². The van der Waals surface area contributed by atoms with Gasteiger partial charge in [0.05, 0.1) is 19.8 Å². The fourth-order valence-corrected chi connectivity index (χ4v) is 3.98. The van der Waals surface area contributed by atoms with Crippen LogP contribution in [0.15, 0.2) is 17.1 Å². The molecule has 2 heterocycles. The average molecular weight is 533 g/mol. The zero-order valence-electron chi connectivity index (χ0n) is 18.3. The van der Waals surface area contributed by atoms with Gasteiger partial charge in [-0.05, 0) is 45.7 Å². The number of nitrogens with one attached hydrogen (secondary N) is 2. The second kappa shape index (κ2) is 12.0. The minimum absolute atomic E-state index is 0. The lowest BCUT2D eigenvalue weighted by atomic mass is 9.84. The van der Waals surface area contributed by atoms with Crippen LogP contribution in [0, 0.1) is 5.41 Å². The summed E-state index contributed by atoms with van der Waals surface area (Å²) in [6.45, 7) is 10.3. The zero-order chi connectivity index (χ0) is 20.7. The predicted molar refractivity (Wildman–Crippen MR) is 129 cm³/mol. The van der Waals surface area contributed by atoms with Gasteiger partial charge in [-0.15, -0.1) is 24.0 Å². The first-order valence-electron chi connectivity index (χ1n) is 10.7. The molecule has 2 aliphatic heterocycles. The number of ether oxygens (including phenoxy) is 3. The van der Waals surface area contributed by atoms with Crippen molar-refractivity contribution in [3.8, 4) is 11.5 Å². The number of aliphatic hydroxyl groups excluding tert-OH is 1. The molecule has 0 amide bonds. The highest BCUT2D eigenvalue weighted by atomic mass is 127. The summed E-state index contributed by atoms with van der Waals surface area (Å²) in [6.07, 6.45) is 2.80. The third-order valence-corrected chi connectivity index (χ3v) is 5.59. The van der Waals surface area contributed by atoms with Gasteiger partial charge in [-0.25, -0.2) is 4.99 Å². The summed E-state index contributed by atoms with van der Waals surface area (Å²) in [5.74, 6) is 2.58. The van der Waals surface area contributed by atoms with Crippen molar-refractivity contribution in [3.05, 3.63) is 23.3 Å². The lowest BCUT2D eigenvalue weighted by Crippen LogP contribution is -2.44. The second-order valence-electron chi connectivity index (χ2n) is 7.96. The maximum absolute atomic E-state index is 9.43. The molecule has 0 saturated carbocycles. The molecule has 3 N–H and O–H groups in total. The number of rotatable bonds is 9. The highest BCUT2D eigenvalue weighted by Crippen LogP contribution is 2.35. The minimum Gasteiger partial charge on any atom is -0.494 e. The molecule has 0 bridgehead atoms. The van der Waals surface area contributed by atoms with Crippen LogP contribution in [0.1, 0.15) is 44.7 Å². The third-order valence-electron chi connectivity index (χ3n) is 5.59. The van der Waals surface area contributed by atoms with Gasteiger partial charge in [-0.3, -0.25) is 0 Å². The van der Waals surface area contributed by atoms with E-state index in [2.05, 4.69) is 36.6 Å². The molecule has 170 valence electrons. The summed E-state index contributed by atoms with van der Waals surface area (Å²) >= 11 is 0. The number of hydrogen-bond acceptors (Lipinski definition) is 5. The topological polar surface area (TPSA) is 84.3 Å². The normalized spacial score (nSPS) is 22.8. The third kappa shape index (κ3) is 6.37. The molecule has 1 aromatic carbocycles.